The van der Waals surface area contributed by atoms with Crippen LogP contribution in [-0.2, 0) is 9.53 Å². The molecular weight excluding hydrogens is 154 g/mol. The third kappa shape index (κ3) is 6.31. The molecule has 72 valence electrons. The van der Waals surface area contributed by atoms with Crippen molar-refractivity contribution in [2.75, 3.05) is 13.2 Å². The first-order valence-corrected chi connectivity index (χ1v) is 4.40. The third-order valence-electron chi connectivity index (χ3n) is 1.71. The zero-order valence-corrected chi connectivity index (χ0v) is 8.01. The minimum absolute atomic E-state index is 0.184. The van der Waals surface area contributed by atoms with Gasteiger partial charge in [0.05, 0.1) is 5.60 Å². The SMILES string of the molecule is CC(C)(CCC=O)OCCCN. The van der Waals surface area contributed by atoms with Gasteiger partial charge in [-0.2, -0.15) is 0 Å². The van der Waals surface area contributed by atoms with Crippen LogP contribution in [0.25, 0.3) is 0 Å². The van der Waals surface area contributed by atoms with Gasteiger partial charge in [-0.15, -0.1) is 0 Å². The molecule has 0 aromatic rings. The molecule has 0 spiro atoms. The first-order chi connectivity index (χ1) is 5.62. The number of hydrogen-bond donors (Lipinski definition) is 1. The Morgan fingerprint density at radius 2 is 2.17 bits per heavy atom. The summed E-state index contributed by atoms with van der Waals surface area (Å²) >= 11 is 0. The van der Waals surface area contributed by atoms with Gasteiger partial charge < -0.3 is 15.3 Å². The molecule has 0 aliphatic carbocycles. The average Bonchev–Trinajstić information content (AvgIpc) is 2.01. The Hall–Kier alpha value is -0.410. The quantitative estimate of drug-likeness (QED) is 0.463. The number of rotatable bonds is 7. The lowest BCUT2D eigenvalue weighted by Gasteiger charge is -2.24. The van der Waals surface area contributed by atoms with Crippen LogP contribution < -0.4 is 5.73 Å². The van der Waals surface area contributed by atoms with Gasteiger partial charge in [-0.3, -0.25) is 0 Å². The molecule has 0 atom stereocenters. The van der Waals surface area contributed by atoms with E-state index in [0.29, 0.717) is 19.6 Å². The van der Waals surface area contributed by atoms with Crippen LogP contribution in [0.4, 0.5) is 0 Å². The lowest BCUT2D eigenvalue weighted by molar-refractivity contribution is -0.109. The van der Waals surface area contributed by atoms with Crippen molar-refractivity contribution >= 4 is 6.29 Å². The van der Waals surface area contributed by atoms with Gasteiger partial charge in [0.15, 0.2) is 0 Å². The first kappa shape index (κ1) is 11.6. The van der Waals surface area contributed by atoms with E-state index in [1.54, 1.807) is 0 Å². The normalized spacial score (nSPS) is 11.6. The molecule has 3 heteroatoms. The molecule has 0 aliphatic heterocycles. The number of hydrogen-bond acceptors (Lipinski definition) is 3. The number of nitrogens with two attached hydrogens (primary N) is 1. The predicted octanol–water partition coefficient (Wildman–Crippen LogP) is 1.11. The minimum atomic E-state index is -0.184. The molecule has 0 heterocycles. The summed E-state index contributed by atoms with van der Waals surface area (Å²) in [5.41, 5.74) is 5.14. The summed E-state index contributed by atoms with van der Waals surface area (Å²) in [5.74, 6) is 0. The van der Waals surface area contributed by atoms with Crippen LogP contribution in [0, 0.1) is 0 Å². The fraction of sp³-hybridized carbons (Fsp3) is 0.889. The van der Waals surface area contributed by atoms with Gasteiger partial charge in [0.1, 0.15) is 6.29 Å². The molecule has 0 rings (SSSR count). The van der Waals surface area contributed by atoms with Crippen LogP contribution in [0.2, 0.25) is 0 Å². The lowest BCUT2D eigenvalue weighted by atomic mass is 10.0. The predicted molar refractivity (Wildman–Crippen MR) is 49.0 cm³/mol. The Bertz CT molecular complexity index is 124. The highest BCUT2D eigenvalue weighted by molar-refractivity contribution is 5.49. The molecule has 0 aliphatic rings. The molecule has 2 N–H and O–H groups in total. The Kier molecular flexibility index (Phi) is 5.93. The molecule has 0 saturated heterocycles. The molecule has 0 fully saturated rings. The Labute approximate surface area is 74.3 Å². The molecule has 0 bridgehead atoms. The largest absolute Gasteiger partial charge is 0.376 e. The highest BCUT2D eigenvalue weighted by Crippen LogP contribution is 2.15. The van der Waals surface area contributed by atoms with E-state index in [1.807, 2.05) is 13.8 Å². The zero-order valence-electron chi connectivity index (χ0n) is 8.01. The second-order valence-electron chi connectivity index (χ2n) is 3.46. The molecule has 0 aromatic heterocycles. The van der Waals surface area contributed by atoms with E-state index < -0.39 is 0 Å². The van der Waals surface area contributed by atoms with E-state index in [9.17, 15) is 4.79 Å². The maximum absolute atomic E-state index is 10.1. The van der Waals surface area contributed by atoms with Crippen LogP contribution in [0.15, 0.2) is 0 Å². The Morgan fingerprint density at radius 3 is 2.67 bits per heavy atom. The zero-order chi connectivity index (χ0) is 9.45. The van der Waals surface area contributed by atoms with Gasteiger partial charge in [0.25, 0.3) is 0 Å². The summed E-state index contributed by atoms with van der Waals surface area (Å²) in [5, 5.41) is 0. The van der Waals surface area contributed by atoms with Crippen LogP contribution >= 0.6 is 0 Å². The van der Waals surface area contributed by atoms with Crippen LogP contribution in [-0.4, -0.2) is 25.0 Å². The summed E-state index contributed by atoms with van der Waals surface area (Å²) in [6, 6.07) is 0. The molecule has 12 heavy (non-hydrogen) atoms. The van der Waals surface area contributed by atoms with Crippen molar-refractivity contribution in [1.29, 1.82) is 0 Å². The van der Waals surface area contributed by atoms with E-state index in [0.717, 1.165) is 19.1 Å². The third-order valence-corrected chi connectivity index (χ3v) is 1.71. The average molecular weight is 173 g/mol. The lowest BCUT2D eigenvalue weighted by Crippen LogP contribution is -2.25. The smallest absolute Gasteiger partial charge is 0.120 e. The number of carbonyl (C=O) groups is 1. The Morgan fingerprint density at radius 1 is 1.50 bits per heavy atom. The van der Waals surface area contributed by atoms with E-state index >= 15 is 0 Å². The molecule has 0 amide bonds. The molecule has 0 aromatic carbocycles. The van der Waals surface area contributed by atoms with E-state index in [1.165, 1.54) is 0 Å². The first-order valence-electron chi connectivity index (χ1n) is 4.40. The summed E-state index contributed by atoms with van der Waals surface area (Å²) in [7, 11) is 0. The molecule has 0 radical (unpaired) electrons. The maximum atomic E-state index is 10.1. The van der Waals surface area contributed by atoms with Crippen molar-refractivity contribution in [3.05, 3.63) is 0 Å². The van der Waals surface area contributed by atoms with Gasteiger partial charge in [0.2, 0.25) is 0 Å². The second-order valence-corrected chi connectivity index (χ2v) is 3.46. The summed E-state index contributed by atoms with van der Waals surface area (Å²) in [4.78, 5) is 10.1. The minimum Gasteiger partial charge on any atom is -0.376 e. The van der Waals surface area contributed by atoms with Crippen molar-refractivity contribution in [3.63, 3.8) is 0 Å². The molecule has 3 nitrogen and oxygen atoms in total. The number of aldehydes is 1. The highest BCUT2D eigenvalue weighted by Gasteiger charge is 2.16. The van der Waals surface area contributed by atoms with Crippen molar-refractivity contribution in [3.8, 4) is 0 Å². The molecular formula is C9H19NO2. The van der Waals surface area contributed by atoms with Gasteiger partial charge in [0, 0.05) is 13.0 Å². The van der Waals surface area contributed by atoms with Crippen molar-refractivity contribution in [2.24, 2.45) is 5.73 Å². The highest BCUT2D eigenvalue weighted by atomic mass is 16.5. The maximum Gasteiger partial charge on any atom is 0.120 e. The second kappa shape index (κ2) is 6.14. The van der Waals surface area contributed by atoms with Gasteiger partial charge >= 0.3 is 0 Å². The van der Waals surface area contributed by atoms with E-state index in [2.05, 4.69) is 0 Å². The molecule has 0 saturated carbocycles. The fourth-order valence-corrected chi connectivity index (χ4v) is 0.910. The van der Waals surface area contributed by atoms with Crippen molar-refractivity contribution in [2.45, 2.75) is 38.7 Å². The van der Waals surface area contributed by atoms with Crippen molar-refractivity contribution < 1.29 is 9.53 Å². The topological polar surface area (TPSA) is 52.3 Å². The summed E-state index contributed by atoms with van der Waals surface area (Å²) in [6.45, 7) is 5.33. The number of carbonyl (C=O) groups excluding carboxylic acids is 1. The Balaban J connectivity index is 3.48. The van der Waals surface area contributed by atoms with Crippen LogP contribution in [0.5, 0.6) is 0 Å². The summed E-state index contributed by atoms with van der Waals surface area (Å²) < 4.78 is 5.53. The summed E-state index contributed by atoms with van der Waals surface area (Å²) in [6.07, 6.45) is 3.15. The van der Waals surface area contributed by atoms with Crippen LogP contribution in [0.3, 0.4) is 0 Å². The van der Waals surface area contributed by atoms with E-state index in [4.69, 9.17) is 10.5 Å². The van der Waals surface area contributed by atoms with Crippen LogP contribution in [0.1, 0.15) is 33.1 Å². The van der Waals surface area contributed by atoms with Crippen molar-refractivity contribution in [1.82, 2.24) is 0 Å². The van der Waals surface area contributed by atoms with Gasteiger partial charge in [-0.25, -0.2) is 0 Å². The van der Waals surface area contributed by atoms with Gasteiger partial charge in [-0.05, 0) is 33.2 Å². The monoisotopic (exact) mass is 173 g/mol. The van der Waals surface area contributed by atoms with E-state index in [-0.39, 0.29) is 5.60 Å². The molecule has 0 unspecified atom stereocenters. The standard InChI is InChI=1S/C9H19NO2/c1-9(2,5-3-7-11)12-8-4-6-10/h7H,3-6,8,10H2,1-2H3. The number of ether oxygens (including phenoxy) is 1. The van der Waals surface area contributed by atoms with Gasteiger partial charge in [-0.1, -0.05) is 0 Å². The fourth-order valence-electron chi connectivity index (χ4n) is 0.910.